The van der Waals surface area contributed by atoms with Crippen molar-refractivity contribution in [2.75, 3.05) is 23.8 Å². The molecule has 0 saturated heterocycles. The molecule has 0 radical (unpaired) electrons. The molecule has 7 nitrogen and oxygen atoms in total. The Labute approximate surface area is 123 Å². The Morgan fingerprint density at radius 3 is 2.67 bits per heavy atom. The summed E-state index contributed by atoms with van der Waals surface area (Å²) in [7, 11) is 0. The SMILES string of the molecule is CCNc1ccc([N+](=O)[O-])c(NC2(CO)CCCCC2)n1. The minimum absolute atomic E-state index is 0.0444. The lowest BCUT2D eigenvalue weighted by molar-refractivity contribution is -0.384. The Balaban J connectivity index is 2.30. The van der Waals surface area contributed by atoms with E-state index in [1.807, 2.05) is 6.92 Å². The molecular formula is C14H22N4O3. The Bertz CT molecular complexity index is 501. The molecule has 116 valence electrons. The second-order valence-electron chi connectivity index (χ2n) is 5.48. The van der Waals surface area contributed by atoms with E-state index in [1.165, 1.54) is 6.07 Å². The Morgan fingerprint density at radius 2 is 2.10 bits per heavy atom. The van der Waals surface area contributed by atoms with E-state index >= 15 is 0 Å². The lowest BCUT2D eigenvalue weighted by Gasteiger charge is -2.36. The Kier molecular flexibility index (Phi) is 4.95. The van der Waals surface area contributed by atoms with Crippen molar-refractivity contribution in [2.45, 2.75) is 44.6 Å². The summed E-state index contributed by atoms with van der Waals surface area (Å²) in [5, 5.41) is 27.1. The average molecular weight is 294 g/mol. The number of nitrogens with zero attached hydrogens (tertiary/aromatic N) is 2. The zero-order chi connectivity index (χ0) is 15.3. The highest BCUT2D eigenvalue weighted by molar-refractivity contribution is 5.61. The molecule has 1 aliphatic carbocycles. The molecule has 0 aliphatic heterocycles. The summed E-state index contributed by atoms with van der Waals surface area (Å²) < 4.78 is 0. The Morgan fingerprint density at radius 1 is 1.38 bits per heavy atom. The summed E-state index contributed by atoms with van der Waals surface area (Å²) in [6.45, 7) is 2.58. The molecule has 0 aromatic carbocycles. The molecule has 21 heavy (non-hydrogen) atoms. The predicted octanol–water partition coefficient (Wildman–Crippen LogP) is 2.53. The maximum Gasteiger partial charge on any atom is 0.311 e. The smallest absolute Gasteiger partial charge is 0.311 e. The first-order valence-electron chi connectivity index (χ1n) is 7.38. The normalized spacial score (nSPS) is 17.2. The fourth-order valence-corrected chi connectivity index (χ4v) is 2.77. The lowest BCUT2D eigenvalue weighted by atomic mass is 9.82. The molecule has 1 aromatic rings. The summed E-state index contributed by atoms with van der Waals surface area (Å²) in [4.78, 5) is 15.0. The van der Waals surface area contributed by atoms with Crippen LogP contribution >= 0.6 is 0 Å². The molecule has 1 aliphatic rings. The van der Waals surface area contributed by atoms with Gasteiger partial charge in [-0.15, -0.1) is 0 Å². The standard InChI is InChI=1S/C14H22N4O3/c1-2-15-12-7-6-11(18(20)21)13(16-12)17-14(10-19)8-4-3-5-9-14/h6-7,19H,2-5,8-10H2,1H3,(H2,15,16,17). The van der Waals surface area contributed by atoms with Crippen molar-refractivity contribution < 1.29 is 10.0 Å². The first kappa shape index (κ1) is 15.5. The van der Waals surface area contributed by atoms with Crippen LogP contribution in [0.3, 0.4) is 0 Å². The number of aliphatic hydroxyl groups is 1. The maximum atomic E-state index is 11.2. The van der Waals surface area contributed by atoms with Gasteiger partial charge < -0.3 is 15.7 Å². The minimum Gasteiger partial charge on any atom is -0.394 e. The number of hydrogen-bond acceptors (Lipinski definition) is 6. The van der Waals surface area contributed by atoms with Gasteiger partial charge in [0.25, 0.3) is 0 Å². The third-order valence-electron chi connectivity index (χ3n) is 3.93. The van der Waals surface area contributed by atoms with Crippen molar-refractivity contribution >= 4 is 17.3 Å². The fourth-order valence-electron chi connectivity index (χ4n) is 2.77. The van der Waals surface area contributed by atoms with Gasteiger partial charge in [-0.05, 0) is 25.8 Å². The third-order valence-corrected chi connectivity index (χ3v) is 3.93. The highest BCUT2D eigenvalue weighted by Crippen LogP contribution is 2.34. The van der Waals surface area contributed by atoms with Gasteiger partial charge in [0.15, 0.2) is 0 Å². The third kappa shape index (κ3) is 3.60. The van der Waals surface area contributed by atoms with E-state index in [4.69, 9.17) is 0 Å². The van der Waals surface area contributed by atoms with Crippen LogP contribution in [-0.2, 0) is 0 Å². The van der Waals surface area contributed by atoms with Crippen LogP contribution in [0.25, 0.3) is 0 Å². The highest BCUT2D eigenvalue weighted by atomic mass is 16.6. The van der Waals surface area contributed by atoms with E-state index in [1.54, 1.807) is 6.07 Å². The molecule has 0 bridgehead atoms. The summed E-state index contributed by atoms with van der Waals surface area (Å²) in [6, 6.07) is 3.04. The molecule has 1 aromatic heterocycles. The zero-order valence-corrected chi connectivity index (χ0v) is 12.3. The molecule has 1 heterocycles. The quantitative estimate of drug-likeness (QED) is 0.550. The van der Waals surface area contributed by atoms with E-state index in [0.29, 0.717) is 12.4 Å². The molecule has 1 fully saturated rings. The molecule has 1 saturated carbocycles. The van der Waals surface area contributed by atoms with Crippen molar-refractivity contribution in [1.82, 2.24) is 4.98 Å². The summed E-state index contributed by atoms with van der Waals surface area (Å²) in [6.07, 6.45) is 4.75. The monoisotopic (exact) mass is 294 g/mol. The molecule has 2 rings (SSSR count). The topological polar surface area (TPSA) is 100 Å². The molecule has 0 atom stereocenters. The minimum atomic E-state index is -0.499. The van der Waals surface area contributed by atoms with Crippen LogP contribution in [0, 0.1) is 10.1 Å². The van der Waals surface area contributed by atoms with Crippen molar-refractivity contribution in [3.05, 3.63) is 22.2 Å². The van der Waals surface area contributed by atoms with Crippen molar-refractivity contribution in [2.24, 2.45) is 0 Å². The van der Waals surface area contributed by atoms with Gasteiger partial charge in [0.05, 0.1) is 17.1 Å². The number of nitrogens with one attached hydrogen (secondary N) is 2. The second-order valence-corrected chi connectivity index (χ2v) is 5.48. The van der Waals surface area contributed by atoms with Gasteiger partial charge in [-0.3, -0.25) is 10.1 Å². The number of hydrogen-bond donors (Lipinski definition) is 3. The van der Waals surface area contributed by atoms with Crippen LogP contribution in [-0.4, -0.2) is 33.7 Å². The number of rotatable bonds is 6. The lowest BCUT2D eigenvalue weighted by Crippen LogP contribution is -2.44. The highest BCUT2D eigenvalue weighted by Gasteiger charge is 2.33. The van der Waals surface area contributed by atoms with Crippen LogP contribution in [0.15, 0.2) is 12.1 Å². The van der Waals surface area contributed by atoms with Gasteiger partial charge in [-0.25, -0.2) is 4.98 Å². The first-order chi connectivity index (χ1) is 10.1. The Hall–Kier alpha value is -1.89. The molecule has 0 spiro atoms. The molecule has 0 amide bonds. The van der Waals surface area contributed by atoms with Crippen LogP contribution in [0.2, 0.25) is 0 Å². The van der Waals surface area contributed by atoms with Crippen LogP contribution in [0.4, 0.5) is 17.3 Å². The van der Waals surface area contributed by atoms with Gasteiger partial charge in [0, 0.05) is 12.6 Å². The first-order valence-corrected chi connectivity index (χ1v) is 7.38. The van der Waals surface area contributed by atoms with Crippen molar-refractivity contribution in [3.8, 4) is 0 Å². The summed E-state index contributed by atoms with van der Waals surface area (Å²) in [5.74, 6) is 0.823. The van der Waals surface area contributed by atoms with Crippen molar-refractivity contribution in [1.29, 1.82) is 0 Å². The van der Waals surface area contributed by atoms with E-state index in [9.17, 15) is 15.2 Å². The molecule has 7 heteroatoms. The van der Waals surface area contributed by atoms with E-state index < -0.39 is 10.5 Å². The predicted molar refractivity (Wildman–Crippen MR) is 81.6 cm³/mol. The van der Waals surface area contributed by atoms with Gasteiger partial charge in [0.1, 0.15) is 5.82 Å². The zero-order valence-electron chi connectivity index (χ0n) is 12.3. The number of nitro groups is 1. The molecule has 0 unspecified atom stereocenters. The molecule has 3 N–H and O–H groups in total. The average Bonchev–Trinajstić information content (AvgIpc) is 2.48. The number of aromatic nitrogens is 1. The van der Waals surface area contributed by atoms with Gasteiger partial charge in [-0.1, -0.05) is 19.3 Å². The van der Waals surface area contributed by atoms with E-state index in [-0.39, 0.29) is 18.1 Å². The van der Waals surface area contributed by atoms with Crippen LogP contribution in [0.5, 0.6) is 0 Å². The number of pyridine rings is 1. The van der Waals surface area contributed by atoms with Crippen LogP contribution in [0.1, 0.15) is 39.0 Å². The van der Waals surface area contributed by atoms with Gasteiger partial charge >= 0.3 is 5.69 Å². The van der Waals surface area contributed by atoms with E-state index in [2.05, 4.69) is 15.6 Å². The second kappa shape index (κ2) is 6.71. The fraction of sp³-hybridized carbons (Fsp3) is 0.643. The number of aliphatic hydroxyl groups excluding tert-OH is 1. The molecular weight excluding hydrogens is 272 g/mol. The van der Waals surface area contributed by atoms with Crippen molar-refractivity contribution in [3.63, 3.8) is 0 Å². The van der Waals surface area contributed by atoms with Crippen LogP contribution < -0.4 is 10.6 Å². The van der Waals surface area contributed by atoms with E-state index in [0.717, 1.165) is 32.1 Å². The number of anilines is 2. The van der Waals surface area contributed by atoms with Gasteiger partial charge in [0.2, 0.25) is 5.82 Å². The maximum absolute atomic E-state index is 11.2. The largest absolute Gasteiger partial charge is 0.394 e. The van der Waals surface area contributed by atoms with Gasteiger partial charge in [-0.2, -0.15) is 0 Å². The summed E-state index contributed by atoms with van der Waals surface area (Å²) >= 11 is 0. The summed E-state index contributed by atoms with van der Waals surface area (Å²) in [5.41, 5.74) is -0.559.